The second-order valence-electron chi connectivity index (χ2n) is 3.91. The number of benzene rings is 1. The van der Waals surface area contributed by atoms with Crippen LogP contribution in [0.5, 0.6) is 0 Å². The van der Waals surface area contributed by atoms with Crippen LogP contribution in [0, 0.1) is 0 Å². The van der Waals surface area contributed by atoms with Crippen molar-refractivity contribution >= 4 is 17.4 Å². The number of carbonyl (C=O) groups excluding carboxylic acids is 1. The lowest BCUT2D eigenvalue weighted by Crippen LogP contribution is -2.20. The average Bonchev–Trinajstić information content (AvgIpc) is 3.02. The van der Waals surface area contributed by atoms with Crippen molar-refractivity contribution in [2.45, 2.75) is 25.3 Å². The van der Waals surface area contributed by atoms with E-state index in [-0.39, 0.29) is 5.78 Å². The van der Waals surface area contributed by atoms with Gasteiger partial charge in [-0.25, -0.2) is 0 Å². The minimum absolute atomic E-state index is 0.180. The van der Waals surface area contributed by atoms with E-state index in [4.69, 9.17) is 11.6 Å². The Morgan fingerprint density at radius 1 is 1.33 bits per heavy atom. The average molecular weight is 224 g/mol. The highest BCUT2D eigenvalue weighted by molar-refractivity contribution is 6.30. The van der Waals surface area contributed by atoms with E-state index in [0.29, 0.717) is 17.5 Å². The molecule has 0 bridgehead atoms. The normalized spacial score (nSPS) is 15.3. The summed E-state index contributed by atoms with van der Waals surface area (Å²) in [6.45, 7) is 0.784. The number of hydrogen-bond acceptors (Lipinski definition) is 2. The Morgan fingerprint density at radius 2 is 2.00 bits per heavy atom. The quantitative estimate of drug-likeness (QED) is 0.778. The standard InChI is InChI=1S/C12H14ClNO/c13-10-3-1-9(2-4-10)12(15)7-8-14-11-5-6-11/h1-4,11,14H,5-8H2. The first-order chi connectivity index (χ1) is 7.25. The van der Waals surface area contributed by atoms with E-state index in [1.807, 2.05) is 0 Å². The zero-order valence-electron chi connectivity index (χ0n) is 8.50. The third-order valence-electron chi connectivity index (χ3n) is 2.53. The van der Waals surface area contributed by atoms with Gasteiger partial charge in [-0.1, -0.05) is 11.6 Å². The SMILES string of the molecule is O=C(CCNC1CC1)c1ccc(Cl)cc1. The highest BCUT2D eigenvalue weighted by atomic mass is 35.5. The fourth-order valence-electron chi connectivity index (χ4n) is 1.46. The van der Waals surface area contributed by atoms with Crippen molar-refractivity contribution in [3.8, 4) is 0 Å². The van der Waals surface area contributed by atoms with Gasteiger partial charge in [0.05, 0.1) is 0 Å². The van der Waals surface area contributed by atoms with Crippen molar-refractivity contribution in [3.63, 3.8) is 0 Å². The van der Waals surface area contributed by atoms with Crippen LogP contribution < -0.4 is 5.32 Å². The van der Waals surface area contributed by atoms with Crippen molar-refractivity contribution in [2.24, 2.45) is 0 Å². The van der Waals surface area contributed by atoms with Crippen LogP contribution in [0.4, 0.5) is 0 Å². The maximum atomic E-state index is 11.7. The van der Waals surface area contributed by atoms with Crippen molar-refractivity contribution in [3.05, 3.63) is 34.9 Å². The molecule has 2 rings (SSSR count). The lowest BCUT2D eigenvalue weighted by atomic mass is 10.1. The number of rotatable bonds is 5. The van der Waals surface area contributed by atoms with Gasteiger partial charge in [0, 0.05) is 29.6 Å². The van der Waals surface area contributed by atoms with Gasteiger partial charge in [-0.3, -0.25) is 4.79 Å². The fraction of sp³-hybridized carbons (Fsp3) is 0.417. The van der Waals surface area contributed by atoms with Gasteiger partial charge in [0.1, 0.15) is 0 Å². The lowest BCUT2D eigenvalue weighted by Gasteiger charge is -2.02. The first-order valence-corrected chi connectivity index (χ1v) is 5.65. The summed E-state index contributed by atoms with van der Waals surface area (Å²) < 4.78 is 0. The Labute approximate surface area is 94.6 Å². The molecule has 15 heavy (non-hydrogen) atoms. The van der Waals surface area contributed by atoms with Crippen LogP contribution in [0.3, 0.4) is 0 Å². The van der Waals surface area contributed by atoms with Crippen LogP contribution in [-0.4, -0.2) is 18.4 Å². The number of Topliss-reactive ketones (excluding diaryl/α,β-unsaturated/α-hetero) is 1. The molecule has 0 aromatic heterocycles. The van der Waals surface area contributed by atoms with Gasteiger partial charge in [0.2, 0.25) is 0 Å². The van der Waals surface area contributed by atoms with Crippen LogP contribution >= 0.6 is 11.6 Å². The molecule has 0 aliphatic heterocycles. The first-order valence-electron chi connectivity index (χ1n) is 5.28. The Bertz CT molecular complexity index is 343. The highest BCUT2D eigenvalue weighted by Gasteiger charge is 2.20. The molecule has 0 saturated heterocycles. The van der Waals surface area contributed by atoms with Gasteiger partial charge < -0.3 is 5.32 Å². The fourth-order valence-corrected chi connectivity index (χ4v) is 1.58. The zero-order chi connectivity index (χ0) is 10.7. The Hall–Kier alpha value is -0.860. The largest absolute Gasteiger partial charge is 0.314 e. The Balaban J connectivity index is 1.81. The number of nitrogens with one attached hydrogen (secondary N) is 1. The molecule has 3 heteroatoms. The molecule has 0 atom stereocenters. The molecule has 0 amide bonds. The maximum absolute atomic E-state index is 11.7. The van der Waals surface area contributed by atoms with Gasteiger partial charge in [0.15, 0.2) is 5.78 Å². The molecule has 80 valence electrons. The molecule has 0 unspecified atom stereocenters. The predicted octanol–water partition coefficient (Wildman–Crippen LogP) is 2.66. The number of carbonyl (C=O) groups is 1. The van der Waals surface area contributed by atoms with Crippen LogP contribution in [0.25, 0.3) is 0 Å². The molecule has 2 nitrogen and oxygen atoms in total. The van der Waals surface area contributed by atoms with Crippen molar-refractivity contribution in [1.82, 2.24) is 5.32 Å². The molecule has 1 aliphatic carbocycles. The molecule has 0 spiro atoms. The molecule has 1 fully saturated rings. The van der Waals surface area contributed by atoms with Crippen LogP contribution in [0.15, 0.2) is 24.3 Å². The minimum Gasteiger partial charge on any atom is -0.314 e. The molecule has 1 aliphatic rings. The molecule has 1 aromatic carbocycles. The van der Waals surface area contributed by atoms with E-state index in [1.54, 1.807) is 24.3 Å². The molecule has 1 saturated carbocycles. The minimum atomic E-state index is 0.180. The summed E-state index contributed by atoms with van der Waals surface area (Å²) in [6, 6.07) is 7.73. The van der Waals surface area contributed by atoms with Crippen LogP contribution in [0.1, 0.15) is 29.6 Å². The highest BCUT2D eigenvalue weighted by Crippen LogP contribution is 2.18. The zero-order valence-corrected chi connectivity index (χ0v) is 9.26. The van der Waals surface area contributed by atoms with Gasteiger partial charge in [-0.2, -0.15) is 0 Å². The van der Waals surface area contributed by atoms with Gasteiger partial charge in [-0.05, 0) is 37.1 Å². The molecule has 0 heterocycles. The monoisotopic (exact) mass is 223 g/mol. The second kappa shape index (κ2) is 4.77. The van der Waals surface area contributed by atoms with Gasteiger partial charge in [0.25, 0.3) is 0 Å². The lowest BCUT2D eigenvalue weighted by molar-refractivity contribution is 0.0982. The molecule has 0 radical (unpaired) electrons. The third kappa shape index (κ3) is 3.33. The van der Waals surface area contributed by atoms with Crippen molar-refractivity contribution in [1.29, 1.82) is 0 Å². The van der Waals surface area contributed by atoms with Crippen LogP contribution in [0.2, 0.25) is 5.02 Å². The topological polar surface area (TPSA) is 29.1 Å². The van der Waals surface area contributed by atoms with E-state index >= 15 is 0 Å². The van der Waals surface area contributed by atoms with E-state index in [2.05, 4.69) is 5.32 Å². The predicted molar refractivity (Wildman–Crippen MR) is 61.4 cm³/mol. The summed E-state index contributed by atoms with van der Waals surface area (Å²) in [5, 5.41) is 3.99. The number of hydrogen-bond donors (Lipinski definition) is 1. The second-order valence-corrected chi connectivity index (χ2v) is 4.34. The van der Waals surface area contributed by atoms with Gasteiger partial charge >= 0.3 is 0 Å². The number of ketones is 1. The third-order valence-corrected chi connectivity index (χ3v) is 2.78. The Morgan fingerprint density at radius 3 is 2.60 bits per heavy atom. The van der Waals surface area contributed by atoms with E-state index < -0.39 is 0 Å². The summed E-state index contributed by atoms with van der Waals surface area (Å²) in [4.78, 5) is 11.7. The van der Waals surface area contributed by atoms with E-state index in [1.165, 1.54) is 12.8 Å². The van der Waals surface area contributed by atoms with Gasteiger partial charge in [-0.15, -0.1) is 0 Å². The first kappa shape index (κ1) is 10.7. The van der Waals surface area contributed by atoms with Crippen LogP contribution in [-0.2, 0) is 0 Å². The molecule has 1 aromatic rings. The van der Waals surface area contributed by atoms with Crippen molar-refractivity contribution in [2.75, 3.05) is 6.54 Å². The molecular formula is C12H14ClNO. The molecule has 1 N–H and O–H groups in total. The summed E-state index contributed by atoms with van der Waals surface area (Å²) >= 11 is 5.75. The van der Waals surface area contributed by atoms with Crippen molar-refractivity contribution < 1.29 is 4.79 Å². The van der Waals surface area contributed by atoms with E-state index in [0.717, 1.165) is 12.1 Å². The number of halogens is 1. The summed E-state index contributed by atoms with van der Waals surface area (Å²) in [5.74, 6) is 0.180. The summed E-state index contributed by atoms with van der Waals surface area (Å²) in [5.41, 5.74) is 0.747. The summed E-state index contributed by atoms with van der Waals surface area (Å²) in [7, 11) is 0. The maximum Gasteiger partial charge on any atom is 0.164 e. The summed E-state index contributed by atoms with van der Waals surface area (Å²) in [6.07, 6.45) is 3.09. The molecular weight excluding hydrogens is 210 g/mol. The smallest absolute Gasteiger partial charge is 0.164 e. The Kier molecular flexibility index (Phi) is 3.39. The van der Waals surface area contributed by atoms with E-state index in [9.17, 15) is 4.79 Å².